The number of aromatic amines is 1. The van der Waals surface area contributed by atoms with Crippen molar-refractivity contribution in [2.75, 3.05) is 6.54 Å². The van der Waals surface area contributed by atoms with E-state index in [0.29, 0.717) is 28.6 Å². The van der Waals surface area contributed by atoms with Crippen LogP contribution in [-0.4, -0.2) is 35.3 Å². The molecule has 1 aromatic heterocycles. The van der Waals surface area contributed by atoms with Crippen LogP contribution in [-0.2, 0) is 21.2 Å². The molecular weight excluding hydrogens is 464 g/mol. The fourth-order valence-electron chi connectivity index (χ4n) is 4.18. The van der Waals surface area contributed by atoms with Crippen LogP contribution < -0.4 is 4.74 Å². The summed E-state index contributed by atoms with van der Waals surface area (Å²) in [6.45, 7) is 0.0666. The van der Waals surface area contributed by atoms with Crippen molar-refractivity contribution < 1.29 is 23.1 Å². The van der Waals surface area contributed by atoms with Gasteiger partial charge in [0.15, 0.2) is 6.04 Å². The van der Waals surface area contributed by atoms with Crippen molar-refractivity contribution in [1.82, 2.24) is 9.29 Å². The van der Waals surface area contributed by atoms with Crippen LogP contribution in [0.3, 0.4) is 0 Å². The van der Waals surface area contributed by atoms with Gasteiger partial charge in [-0.05, 0) is 66.6 Å². The number of ether oxygens (including phenoxy) is 1. The molecule has 0 fully saturated rings. The third-order valence-electron chi connectivity index (χ3n) is 5.70. The molecule has 0 aliphatic carbocycles. The SMILES string of the molecule is O=C(O)C1c2[nH]c3ccccc3c2CCN1S(=O)(=O)c1ccc(Oc2ccc(Cl)cc2)cc1. The van der Waals surface area contributed by atoms with Crippen molar-refractivity contribution in [3.05, 3.63) is 89.1 Å². The predicted molar refractivity (Wildman–Crippen MR) is 124 cm³/mol. The number of para-hydroxylation sites is 1. The molecule has 9 heteroatoms. The second kappa shape index (κ2) is 8.22. The minimum Gasteiger partial charge on any atom is -0.480 e. The number of nitrogens with one attached hydrogen (secondary N) is 1. The number of fused-ring (bicyclic) bond motifs is 3. The van der Waals surface area contributed by atoms with Gasteiger partial charge in [0, 0.05) is 28.2 Å². The number of rotatable bonds is 5. The normalized spacial score (nSPS) is 16.5. The van der Waals surface area contributed by atoms with Gasteiger partial charge in [-0.2, -0.15) is 4.31 Å². The molecule has 168 valence electrons. The first-order valence-corrected chi connectivity index (χ1v) is 12.0. The van der Waals surface area contributed by atoms with Crippen molar-refractivity contribution in [3.8, 4) is 11.5 Å². The average molecular weight is 483 g/mol. The van der Waals surface area contributed by atoms with E-state index >= 15 is 0 Å². The molecule has 1 aliphatic rings. The summed E-state index contributed by atoms with van der Waals surface area (Å²) in [5.74, 6) is -0.223. The van der Waals surface area contributed by atoms with Gasteiger partial charge in [-0.1, -0.05) is 29.8 Å². The smallest absolute Gasteiger partial charge is 0.328 e. The lowest BCUT2D eigenvalue weighted by atomic mass is 9.99. The highest BCUT2D eigenvalue weighted by Crippen LogP contribution is 2.38. The first-order valence-electron chi connectivity index (χ1n) is 10.2. The lowest BCUT2D eigenvalue weighted by Crippen LogP contribution is -2.43. The Kier molecular flexibility index (Phi) is 5.36. The molecule has 1 unspecified atom stereocenters. The van der Waals surface area contributed by atoms with E-state index in [2.05, 4.69) is 4.98 Å². The summed E-state index contributed by atoms with van der Waals surface area (Å²) in [7, 11) is -4.07. The molecule has 0 saturated heterocycles. The Morgan fingerprint density at radius 3 is 2.30 bits per heavy atom. The largest absolute Gasteiger partial charge is 0.480 e. The number of carbonyl (C=O) groups is 1. The Morgan fingerprint density at radius 1 is 1.00 bits per heavy atom. The number of carboxylic acids is 1. The maximum absolute atomic E-state index is 13.4. The first kappa shape index (κ1) is 21.5. The topological polar surface area (TPSA) is 99.7 Å². The number of halogens is 1. The summed E-state index contributed by atoms with van der Waals surface area (Å²) in [5, 5.41) is 11.5. The lowest BCUT2D eigenvalue weighted by molar-refractivity contribution is -0.142. The Bertz CT molecular complexity index is 1450. The van der Waals surface area contributed by atoms with Crippen LogP contribution >= 0.6 is 11.6 Å². The summed E-state index contributed by atoms with van der Waals surface area (Å²) in [4.78, 5) is 15.3. The molecule has 2 heterocycles. The van der Waals surface area contributed by atoms with Crippen molar-refractivity contribution in [3.63, 3.8) is 0 Å². The minimum absolute atomic E-state index is 0.00299. The Morgan fingerprint density at radius 2 is 1.64 bits per heavy atom. The van der Waals surface area contributed by atoms with Gasteiger partial charge in [-0.25, -0.2) is 8.42 Å². The fraction of sp³-hybridized carbons (Fsp3) is 0.125. The van der Waals surface area contributed by atoms with Gasteiger partial charge in [0.1, 0.15) is 11.5 Å². The molecule has 0 saturated carbocycles. The standard InChI is InChI=1S/C24H19ClN2O5S/c25-15-5-7-16(8-6-15)32-17-9-11-18(12-10-17)33(30,31)27-14-13-20-19-3-1-2-4-21(19)26-22(20)23(27)24(28)29/h1-12,23,26H,13-14H2,(H,28,29). The Balaban J connectivity index is 1.46. The van der Waals surface area contributed by atoms with Gasteiger partial charge in [0.25, 0.3) is 0 Å². The van der Waals surface area contributed by atoms with Crippen LogP contribution in [0.4, 0.5) is 0 Å². The molecular formula is C24H19ClN2O5S. The number of nitrogens with zero attached hydrogens (tertiary/aromatic N) is 1. The van der Waals surface area contributed by atoms with Crippen molar-refractivity contribution in [2.45, 2.75) is 17.4 Å². The van der Waals surface area contributed by atoms with Gasteiger partial charge in [-0.3, -0.25) is 4.79 Å². The summed E-state index contributed by atoms with van der Waals surface area (Å²) in [5.41, 5.74) is 2.04. The van der Waals surface area contributed by atoms with E-state index in [1.165, 1.54) is 24.3 Å². The van der Waals surface area contributed by atoms with Gasteiger partial charge in [0.2, 0.25) is 10.0 Å². The van der Waals surface area contributed by atoms with E-state index in [1.807, 2.05) is 24.3 Å². The number of aromatic nitrogens is 1. The highest BCUT2D eigenvalue weighted by atomic mass is 35.5. The van der Waals surface area contributed by atoms with Crippen LogP contribution in [0.5, 0.6) is 11.5 Å². The molecule has 4 aromatic rings. The van der Waals surface area contributed by atoms with Crippen LogP contribution in [0.1, 0.15) is 17.3 Å². The molecule has 0 radical (unpaired) electrons. The maximum atomic E-state index is 13.4. The van der Waals surface area contributed by atoms with Crippen molar-refractivity contribution in [2.24, 2.45) is 0 Å². The molecule has 1 aliphatic heterocycles. The fourth-order valence-corrected chi connectivity index (χ4v) is 5.86. The average Bonchev–Trinajstić information content (AvgIpc) is 3.19. The number of H-pyrrole nitrogens is 1. The molecule has 5 rings (SSSR count). The van der Waals surface area contributed by atoms with E-state index in [9.17, 15) is 18.3 Å². The minimum atomic E-state index is -4.07. The molecule has 1 atom stereocenters. The quantitative estimate of drug-likeness (QED) is 0.417. The number of hydrogen-bond donors (Lipinski definition) is 2. The Labute approximate surface area is 195 Å². The zero-order valence-corrected chi connectivity index (χ0v) is 18.8. The summed E-state index contributed by atoms with van der Waals surface area (Å²) in [6.07, 6.45) is 0.417. The maximum Gasteiger partial charge on any atom is 0.328 e. The van der Waals surface area contributed by atoms with Gasteiger partial charge in [0.05, 0.1) is 4.90 Å². The molecule has 0 amide bonds. The van der Waals surface area contributed by atoms with E-state index in [-0.39, 0.29) is 11.4 Å². The van der Waals surface area contributed by atoms with Crippen LogP contribution in [0.15, 0.2) is 77.7 Å². The number of sulfonamides is 1. The molecule has 0 spiro atoms. The van der Waals surface area contributed by atoms with Gasteiger partial charge < -0.3 is 14.8 Å². The Hall–Kier alpha value is -3.33. The molecule has 33 heavy (non-hydrogen) atoms. The van der Waals surface area contributed by atoms with Gasteiger partial charge >= 0.3 is 5.97 Å². The molecule has 0 bridgehead atoms. The predicted octanol–water partition coefficient (Wildman–Crippen LogP) is 4.99. The molecule has 7 nitrogen and oxygen atoms in total. The third-order valence-corrected chi connectivity index (χ3v) is 7.83. The first-order chi connectivity index (χ1) is 15.8. The number of hydrogen-bond acceptors (Lipinski definition) is 4. The second-order valence-electron chi connectivity index (χ2n) is 7.70. The van der Waals surface area contributed by atoms with Gasteiger partial charge in [-0.15, -0.1) is 0 Å². The van der Waals surface area contributed by atoms with E-state index in [1.54, 1.807) is 24.3 Å². The second-order valence-corrected chi connectivity index (χ2v) is 10.0. The monoisotopic (exact) mass is 482 g/mol. The van der Waals surface area contributed by atoms with Crippen LogP contribution in [0.25, 0.3) is 10.9 Å². The highest BCUT2D eigenvalue weighted by Gasteiger charge is 2.42. The zero-order valence-electron chi connectivity index (χ0n) is 17.2. The molecule has 3 aromatic carbocycles. The van der Waals surface area contributed by atoms with Crippen molar-refractivity contribution >= 4 is 38.5 Å². The van der Waals surface area contributed by atoms with E-state index < -0.39 is 22.0 Å². The van der Waals surface area contributed by atoms with Crippen LogP contribution in [0, 0.1) is 0 Å². The number of benzene rings is 3. The van der Waals surface area contributed by atoms with E-state index in [4.69, 9.17) is 16.3 Å². The summed E-state index contributed by atoms with van der Waals surface area (Å²) < 4.78 is 33.6. The summed E-state index contributed by atoms with van der Waals surface area (Å²) >= 11 is 5.88. The summed E-state index contributed by atoms with van der Waals surface area (Å²) in [6, 6.07) is 18.9. The zero-order chi connectivity index (χ0) is 23.2. The van der Waals surface area contributed by atoms with E-state index in [0.717, 1.165) is 20.8 Å². The van der Waals surface area contributed by atoms with Crippen molar-refractivity contribution in [1.29, 1.82) is 0 Å². The third kappa shape index (κ3) is 3.86. The van der Waals surface area contributed by atoms with Crippen LogP contribution in [0.2, 0.25) is 5.02 Å². The highest BCUT2D eigenvalue weighted by molar-refractivity contribution is 7.89. The molecule has 2 N–H and O–H groups in total. The number of aliphatic carboxylic acids is 1. The number of carboxylic acid groups (broad SMARTS) is 1. The lowest BCUT2D eigenvalue weighted by Gasteiger charge is -2.32.